The predicted molar refractivity (Wildman–Crippen MR) is 200 cm³/mol. The van der Waals surface area contributed by atoms with Crippen molar-refractivity contribution in [2.45, 2.75) is 0 Å². The first-order valence-corrected chi connectivity index (χ1v) is 16.5. The summed E-state index contributed by atoms with van der Waals surface area (Å²) in [6, 6.07) is 59.4. The Labute approximate surface area is 276 Å². The molecule has 3 heteroatoms. The molecular weight excluding hydrogens is 583 g/mol. The molecule has 0 spiro atoms. The van der Waals surface area contributed by atoms with Gasteiger partial charge >= 0.3 is 0 Å². The highest BCUT2D eigenvalue weighted by Gasteiger charge is 2.24. The summed E-state index contributed by atoms with van der Waals surface area (Å²) in [5.41, 5.74) is 14.4. The van der Waals surface area contributed by atoms with Crippen LogP contribution in [0.2, 0.25) is 0 Å². The predicted octanol–water partition coefficient (Wildman–Crippen LogP) is 11.7. The van der Waals surface area contributed by atoms with E-state index >= 15 is 0 Å². The third kappa shape index (κ3) is 3.45. The molecule has 3 heterocycles. The molecule has 0 N–H and O–H groups in total. The van der Waals surface area contributed by atoms with Gasteiger partial charge in [-0.05, 0) is 88.0 Å². The summed E-state index contributed by atoms with van der Waals surface area (Å²) in [6.07, 6.45) is 0. The molecule has 0 aliphatic heterocycles. The van der Waals surface area contributed by atoms with Gasteiger partial charge in [0.2, 0.25) is 0 Å². The van der Waals surface area contributed by atoms with E-state index in [4.69, 9.17) is 4.98 Å². The highest BCUT2D eigenvalue weighted by atomic mass is 15.1. The molecule has 10 aromatic rings. The minimum atomic E-state index is 0.941. The van der Waals surface area contributed by atoms with Crippen molar-refractivity contribution < 1.29 is 0 Å². The van der Waals surface area contributed by atoms with Crippen LogP contribution in [0.15, 0.2) is 164 Å². The van der Waals surface area contributed by atoms with Crippen molar-refractivity contribution in [1.29, 1.82) is 0 Å². The second-order valence-electron chi connectivity index (χ2n) is 12.8. The van der Waals surface area contributed by atoms with Gasteiger partial charge in [-0.1, -0.05) is 109 Å². The Hall–Kier alpha value is -6.45. The van der Waals surface area contributed by atoms with E-state index < -0.39 is 0 Å². The maximum absolute atomic E-state index is 5.33. The van der Waals surface area contributed by atoms with E-state index in [0.717, 1.165) is 22.4 Å². The van der Waals surface area contributed by atoms with Crippen LogP contribution >= 0.6 is 0 Å². The Bertz CT molecular complexity index is 2940. The van der Waals surface area contributed by atoms with Gasteiger partial charge in [0.15, 0.2) is 0 Å². The lowest BCUT2D eigenvalue weighted by Crippen LogP contribution is -1.98. The van der Waals surface area contributed by atoms with Crippen LogP contribution < -0.4 is 0 Å². The van der Waals surface area contributed by atoms with E-state index in [0.29, 0.717) is 0 Å². The number of pyridine rings is 1. The van der Waals surface area contributed by atoms with Crippen LogP contribution in [0.25, 0.3) is 99.4 Å². The molecule has 11 rings (SSSR count). The molecule has 48 heavy (non-hydrogen) atoms. The fourth-order valence-corrected chi connectivity index (χ4v) is 8.18. The second kappa shape index (κ2) is 9.54. The molecule has 0 unspecified atom stereocenters. The van der Waals surface area contributed by atoms with Crippen LogP contribution in [-0.2, 0) is 0 Å². The second-order valence-corrected chi connectivity index (χ2v) is 12.8. The summed E-state index contributed by atoms with van der Waals surface area (Å²) >= 11 is 0. The average molecular weight is 610 g/mol. The molecule has 0 fully saturated rings. The first kappa shape index (κ1) is 25.7. The SMILES string of the molecule is c1ccc(-n2c3ccccc3c3cc(-c4ccc5c6ccccc6n(-c6cc7c8c(cccc8n6)-c6ccccc6-7)c5c4)ccc32)cc1. The zero-order chi connectivity index (χ0) is 31.3. The van der Waals surface area contributed by atoms with Crippen molar-refractivity contribution in [1.82, 2.24) is 14.1 Å². The molecule has 3 aromatic heterocycles. The van der Waals surface area contributed by atoms with E-state index in [1.807, 2.05) is 0 Å². The fourth-order valence-electron chi connectivity index (χ4n) is 8.18. The first-order valence-electron chi connectivity index (χ1n) is 16.5. The topological polar surface area (TPSA) is 22.8 Å². The van der Waals surface area contributed by atoms with Crippen molar-refractivity contribution >= 4 is 54.5 Å². The van der Waals surface area contributed by atoms with Gasteiger partial charge in [0.25, 0.3) is 0 Å². The largest absolute Gasteiger partial charge is 0.309 e. The number of hydrogen-bond donors (Lipinski definition) is 0. The number of hydrogen-bond acceptors (Lipinski definition) is 1. The quantitative estimate of drug-likeness (QED) is 0.195. The molecule has 0 saturated carbocycles. The Morgan fingerprint density at radius 1 is 0.354 bits per heavy atom. The zero-order valence-electron chi connectivity index (χ0n) is 25.9. The van der Waals surface area contributed by atoms with Crippen molar-refractivity contribution in [2.75, 3.05) is 0 Å². The molecule has 0 bridgehead atoms. The van der Waals surface area contributed by atoms with Gasteiger partial charge in [-0.2, -0.15) is 0 Å². The maximum Gasteiger partial charge on any atom is 0.138 e. The Morgan fingerprint density at radius 3 is 1.79 bits per heavy atom. The molecule has 3 nitrogen and oxygen atoms in total. The van der Waals surface area contributed by atoms with Crippen LogP contribution in [0.5, 0.6) is 0 Å². The van der Waals surface area contributed by atoms with Gasteiger partial charge in [0, 0.05) is 32.6 Å². The third-order valence-electron chi connectivity index (χ3n) is 10.3. The molecule has 0 atom stereocenters. The lowest BCUT2D eigenvalue weighted by molar-refractivity contribution is 1.10. The minimum Gasteiger partial charge on any atom is -0.309 e. The monoisotopic (exact) mass is 609 g/mol. The Kier molecular flexibility index (Phi) is 5.11. The van der Waals surface area contributed by atoms with E-state index in [1.165, 1.54) is 77.0 Å². The molecule has 1 aliphatic rings. The smallest absolute Gasteiger partial charge is 0.138 e. The van der Waals surface area contributed by atoms with Gasteiger partial charge in [-0.25, -0.2) is 4.98 Å². The molecule has 0 saturated heterocycles. The van der Waals surface area contributed by atoms with Crippen LogP contribution in [-0.4, -0.2) is 14.1 Å². The minimum absolute atomic E-state index is 0.941. The van der Waals surface area contributed by atoms with Crippen LogP contribution in [0.3, 0.4) is 0 Å². The van der Waals surface area contributed by atoms with Crippen molar-refractivity contribution in [3.05, 3.63) is 164 Å². The van der Waals surface area contributed by atoms with Gasteiger partial charge in [0.1, 0.15) is 5.82 Å². The zero-order valence-corrected chi connectivity index (χ0v) is 25.9. The highest BCUT2D eigenvalue weighted by molar-refractivity contribution is 6.16. The van der Waals surface area contributed by atoms with Gasteiger partial charge in [0.05, 0.1) is 27.6 Å². The fraction of sp³-hybridized carbons (Fsp3) is 0. The average Bonchev–Trinajstić information content (AvgIpc) is 3.78. The van der Waals surface area contributed by atoms with E-state index in [1.54, 1.807) is 0 Å². The number of nitrogens with zero attached hydrogens (tertiary/aromatic N) is 3. The molecule has 0 amide bonds. The number of fused-ring (bicyclic) bond motifs is 9. The molecular formula is C45H27N3. The van der Waals surface area contributed by atoms with Crippen molar-refractivity contribution in [3.63, 3.8) is 0 Å². The number of rotatable bonds is 3. The number of benzene rings is 7. The number of aromatic nitrogens is 3. The van der Waals surface area contributed by atoms with Crippen molar-refractivity contribution in [2.24, 2.45) is 0 Å². The molecule has 222 valence electrons. The summed E-state index contributed by atoms with van der Waals surface area (Å²) in [6.45, 7) is 0. The highest BCUT2D eigenvalue weighted by Crippen LogP contribution is 2.48. The van der Waals surface area contributed by atoms with Gasteiger partial charge in [-0.3, -0.25) is 4.57 Å². The van der Waals surface area contributed by atoms with Crippen LogP contribution in [0.4, 0.5) is 0 Å². The van der Waals surface area contributed by atoms with E-state index in [9.17, 15) is 0 Å². The number of para-hydroxylation sites is 3. The summed E-state index contributed by atoms with van der Waals surface area (Å²) in [4.78, 5) is 5.33. The third-order valence-corrected chi connectivity index (χ3v) is 10.3. The molecule has 0 radical (unpaired) electrons. The summed E-state index contributed by atoms with van der Waals surface area (Å²) in [7, 11) is 0. The van der Waals surface area contributed by atoms with Crippen LogP contribution in [0.1, 0.15) is 0 Å². The maximum atomic E-state index is 5.33. The van der Waals surface area contributed by atoms with E-state index in [2.05, 4.69) is 173 Å². The van der Waals surface area contributed by atoms with Crippen molar-refractivity contribution in [3.8, 4) is 44.9 Å². The van der Waals surface area contributed by atoms with E-state index in [-0.39, 0.29) is 0 Å². The van der Waals surface area contributed by atoms with Crippen LogP contribution in [0, 0.1) is 0 Å². The molecule has 7 aromatic carbocycles. The standard InChI is InChI=1S/C45H27N3/c1-2-11-30(12-3-1)47-40-19-8-7-16-34(40)37-25-28(22-24-42(37)47)29-21-23-35-33-15-6-9-20-41(33)48(43(35)26-29)44-27-38-32-14-5-4-13-31(32)36-17-10-18-39(46-44)45(36)38/h1-27H. The summed E-state index contributed by atoms with van der Waals surface area (Å²) in [5, 5.41) is 6.20. The van der Waals surface area contributed by atoms with Gasteiger partial charge < -0.3 is 4.57 Å². The van der Waals surface area contributed by atoms with Gasteiger partial charge in [-0.15, -0.1) is 0 Å². The first-order chi connectivity index (χ1) is 23.8. The Balaban J connectivity index is 1.15. The lowest BCUT2D eigenvalue weighted by Gasteiger charge is -2.11. The Morgan fingerprint density at radius 2 is 0.958 bits per heavy atom. The lowest BCUT2D eigenvalue weighted by atomic mass is 10.0. The summed E-state index contributed by atoms with van der Waals surface area (Å²) in [5.74, 6) is 0.941. The normalized spacial score (nSPS) is 12.2. The molecule has 1 aliphatic carbocycles. The summed E-state index contributed by atoms with van der Waals surface area (Å²) < 4.78 is 4.73.